The van der Waals surface area contributed by atoms with Crippen LogP contribution in [0.4, 0.5) is 0 Å². The van der Waals surface area contributed by atoms with E-state index in [9.17, 15) is 4.79 Å². The van der Waals surface area contributed by atoms with E-state index in [0.717, 1.165) is 5.56 Å². The predicted molar refractivity (Wildman–Crippen MR) is 82.4 cm³/mol. The molecule has 0 aliphatic heterocycles. The van der Waals surface area contributed by atoms with Crippen molar-refractivity contribution < 1.29 is 4.79 Å². The van der Waals surface area contributed by atoms with E-state index in [-0.39, 0.29) is 11.2 Å². The topological polar surface area (TPSA) is 30.0 Å². The molecule has 20 heavy (non-hydrogen) atoms. The van der Waals surface area contributed by atoms with Gasteiger partial charge in [0.05, 0.1) is 5.02 Å². The Labute approximate surface area is 124 Å². The van der Waals surface area contributed by atoms with Crippen molar-refractivity contribution >= 4 is 17.4 Å². The van der Waals surface area contributed by atoms with Crippen LogP contribution in [-0.4, -0.2) is 10.8 Å². The minimum Gasteiger partial charge on any atom is -0.294 e. The molecule has 0 N–H and O–H groups in total. The normalized spacial score (nSPS) is 11.4. The molecule has 1 aromatic carbocycles. The van der Waals surface area contributed by atoms with E-state index in [1.807, 2.05) is 12.1 Å². The maximum absolute atomic E-state index is 12.2. The van der Waals surface area contributed by atoms with Crippen molar-refractivity contribution in [3.8, 4) is 0 Å². The average Bonchev–Trinajstić information content (AvgIpc) is 2.38. The SMILES string of the molecule is CC(C)(C)c1ccc(CC(=O)c2ccncc2Cl)cc1. The van der Waals surface area contributed by atoms with Gasteiger partial charge in [0, 0.05) is 24.4 Å². The van der Waals surface area contributed by atoms with Gasteiger partial charge in [-0.3, -0.25) is 9.78 Å². The number of ketones is 1. The molecule has 0 unspecified atom stereocenters. The van der Waals surface area contributed by atoms with E-state index in [4.69, 9.17) is 11.6 Å². The summed E-state index contributed by atoms with van der Waals surface area (Å²) in [5.41, 5.74) is 2.91. The molecule has 2 nitrogen and oxygen atoms in total. The highest BCUT2D eigenvalue weighted by atomic mass is 35.5. The minimum absolute atomic E-state index is 0.0147. The van der Waals surface area contributed by atoms with E-state index in [1.54, 1.807) is 12.3 Å². The summed E-state index contributed by atoms with van der Waals surface area (Å²) in [7, 11) is 0. The number of Topliss-reactive ketones (excluding diaryl/α,β-unsaturated/α-hetero) is 1. The number of aromatic nitrogens is 1. The lowest BCUT2D eigenvalue weighted by atomic mass is 9.86. The first-order valence-electron chi connectivity index (χ1n) is 6.60. The van der Waals surface area contributed by atoms with E-state index in [2.05, 4.69) is 37.9 Å². The first kappa shape index (κ1) is 14.7. The molecule has 0 saturated carbocycles. The molecular formula is C17H18ClNO. The molecule has 0 amide bonds. The molecule has 0 atom stereocenters. The van der Waals surface area contributed by atoms with Crippen LogP contribution >= 0.6 is 11.6 Å². The zero-order valence-corrected chi connectivity index (χ0v) is 12.7. The molecule has 0 aliphatic carbocycles. The van der Waals surface area contributed by atoms with Crippen LogP contribution in [0.25, 0.3) is 0 Å². The lowest BCUT2D eigenvalue weighted by Crippen LogP contribution is -2.11. The summed E-state index contributed by atoms with van der Waals surface area (Å²) < 4.78 is 0. The Bertz CT molecular complexity index is 612. The highest BCUT2D eigenvalue weighted by Crippen LogP contribution is 2.23. The molecule has 2 aromatic rings. The molecule has 1 aromatic heterocycles. The molecule has 0 radical (unpaired) electrons. The number of carbonyl (C=O) groups is 1. The number of pyridine rings is 1. The van der Waals surface area contributed by atoms with Crippen LogP contribution in [0.1, 0.15) is 42.3 Å². The van der Waals surface area contributed by atoms with Gasteiger partial charge in [-0.25, -0.2) is 0 Å². The van der Waals surface area contributed by atoms with E-state index in [0.29, 0.717) is 17.0 Å². The van der Waals surface area contributed by atoms with Gasteiger partial charge in [0.2, 0.25) is 0 Å². The second kappa shape index (κ2) is 5.76. The van der Waals surface area contributed by atoms with Gasteiger partial charge in [-0.15, -0.1) is 0 Å². The van der Waals surface area contributed by atoms with Crippen LogP contribution in [0.5, 0.6) is 0 Å². The van der Waals surface area contributed by atoms with E-state index < -0.39 is 0 Å². The molecule has 0 aliphatic rings. The largest absolute Gasteiger partial charge is 0.294 e. The Hall–Kier alpha value is -1.67. The number of nitrogens with zero attached hydrogens (tertiary/aromatic N) is 1. The monoisotopic (exact) mass is 287 g/mol. The smallest absolute Gasteiger partial charge is 0.168 e. The first-order valence-corrected chi connectivity index (χ1v) is 6.98. The number of halogens is 1. The van der Waals surface area contributed by atoms with Crippen LogP contribution < -0.4 is 0 Å². The van der Waals surface area contributed by atoms with Gasteiger partial charge < -0.3 is 0 Å². The van der Waals surface area contributed by atoms with E-state index in [1.165, 1.54) is 11.8 Å². The highest BCUT2D eigenvalue weighted by molar-refractivity contribution is 6.33. The van der Waals surface area contributed by atoms with Gasteiger partial charge in [-0.1, -0.05) is 56.6 Å². The number of benzene rings is 1. The molecule has 2 rings (SSSR count). The molecule has 0 fully saturated rings. The lowest BCUT2D eigenvalue weighted by Gasteiger charge is -2.19. The van der Waals surface area contributed by atoms with Crippen LogP contribution in [0.3, 0.4) is 0 Å². The number of carbonyl (C=O) groups excluding carboxylic acids is 1. The van der Waals surface area contributed by atoms with Gasteiger partial charge >= 0.3 is 0 Å². The van der Waals surface area contributed by atoms with Crippen molar-refractivity contribution in [1.82, 2.24) is 4.98 Å². The Morgan fingerprint density at radius 1 is 1.15 bits per heavy atom. The fourth-order valence-corrected chi connectivity index (χ4v) is 2.23. The average molecular weight is 288 g/mol. The fraction of sp³-hybridized carbons (Fsp3) is 0.294. The Kier molecular flexibility index (Phi) is 4.24. The Morgan fingerprint density at radius 3 is 2.35 bits per heavy atom. The number of hydrogen-bond acceptors (Lipinski definition) is 2. The zero-order chi connectivity index (χ0) is 14.8. The number of hydrogen-bond donors (Lipinski definition) is 0. The van der Waals surface area contributed by atoms with Gasteiger partial charge in [0.15, 0.2) is 5.78 Å². The van der Waals surface area contributed by atoms with Crippen LogP contribution in [0.2, 0.25) is 5.02 Å². The Balaban J connectivity index is 2.15. The lowest BCUT2D eigenvalue weighted by molar-refractivity contribution is 0.0993. The van der Waals surface area contributed by atoms with Crippen LogP contribution in [-0.2, 0) is 11.8 Å². The molecule has 104 valence electrons. The summed E-state index contributed by atoms with van der Waals surface area (Å²) in [6, 6.07) is 9.84. The third kappa shape index (κ3) is 3.45. The van der Waals surface area contributed by atoms with Crippen molar-refractivity contribution in [3.63, 3.8) is 0 Å². The molecule has 1 heterocycles. The summed E-state index contributed by atoms with van der Waals surface area (Å²) in [5.74, 6) is 0.0147. The fourth-order valence-electron chi connectivity index (χ4n) is 2.00. The van der Waals surface area contributed by atoms with Gasteiger partial charge in [0.1, 0.15) is 0 Å². The maximum Gasteiger partial charge on any atom is 0.168 e. The summed E-state index contributed by atoms with van der Waals surface area (Å²) >= 11 is 5.99. The molecule has 3 heteroatoms. The van der Waals surface area contributed by atoms with Gasteiger partial charge in [-0.2, -0.15) is 0 Å². The summed E-state index contributed by atoms with van der Waals surface area (Å²) in [6.07, 6.45) is 3.44. The molecular weight excluding hydrogens is 270 g/mol. The third-order valence-electron chi connectivity index (χ3n) is 3.26. The predicted octanol–water partition coefficient (Wildman–Crippen LogP) is 4.46. The van der Waals surface area contributed by atoms with Crippen molar-refractivity contribution in [2.45, 2.75) is 32.6 Å². The van der Waals surface area contributed by atoms with Crippen molar-refractivity contribution in [3.05, 3.63) is 64.4 Å². The second-order valence-electron chi connectivity index (χ2n) is 5.90. The third-order valence-corrected chi connectivity index (χ3v) is 3.56. The molecule has 0 saturated heterocycles. The van der Waals surface area contributed by atoms with Gasteiger partial charge in [0.25, 0.3) is 0 Å². The summed E-state index contributed by atoms with van der Waals surface area (Å²) in [4.78, 5) is 16.1. The van der Waals surface area contributed by atoms with Crippen LogP contribution in [0.15, 0.2) is 42.7 Å². The summed E-state index contributed by atoms with van der Waals surface area (Å²) in [5, 5.41) is 0.406. The highest BCUT2D eigenvalue weighted by Gasteiger charge is 2.14. The Morgan fingerprint density at radius 2 is 1.80 bits per heavy atom. The molecule has 0 bridgehead atoms. The van der Waals surface area contributed by atoms with Crippen molar-refractivity contribution in [2.75, 3.05) is 0 Å². The number of rotatable bonds is 3. The van der Waals surface area contributed by atoms with Gasteiger partial charge in [-0.05, 0) is 22.6 Å². The minimum atomic E-state index is 0.0147. The molecule has 0 spiro atoms. The van der Waals surface area contributed by atoms with Crippen molar-refractivity contribution in [1.29, 1.82) is 0 Å². The quantitative estimate of drug-likeness (QED) is 0.780. The zero-order valence-electron chi connectivity index (χ0n) is 12.0. The summed E-state index contributed by atoms with van der Waals surface area (Å²) in [6.45, 7) is 6.51. The van der Waals surface area contributed by atoms with Crippen molar-refractivity contribution in [2.24, 2.45) is 0 Å². The van der Waals surface area contributed by atoms with Crippen LogP contribution in [0, 0.1) is 0 Å². The maximum atomic E-state index is 12.2. The van der Waals surface area contributed by atoms with E-state index >= 15 is 0 Å². The first-order chi connectivity index (χ1) is 9.38. The standard InChI is InChI=1S/C17H18ClNO/c1-17(2,3)13-6-4-12(5-7-13)10-16(20)14-8-9-19-11-15(14)18/h4-9,11H,10H2,1-3H3. The second-order valence-corrected chi connectivity index (χ2v) is 6.31.